The quantitative estimate of drug-likeness (QED) is 0.827. The molecule has 2 fully saturated rings. The summed E-state index contributed by atoms with van der Waals surface area (Å²) in [5, 5.41) is 3.21. The van der Waals surface area contributed by atoms with E-state index in [0.717, 1.165) is 45.2 Å². The minimum Gasteiger partial charge on any atom is -0.341 e. The Morgan fingerprint density at radius 2 is 1.88 bits per heavy atom. The van der Waals surface area contributed by atoms with Gasteiger partial charge in [0.05, 0.1) is 5.92 Å². The molecule has 0 saturated carbocycles. The van der Waals surface area contributed by atoms with Gasteiger partial charge >= 0.3 is 0 Å². The molecule has 5 heteroatoms. The molecule has 3 aliphatic rings. The zero-order valence-electron chi connectivity index (χ0n) is 15.1. The number of benzene rings is 1. The summed E-state index contributed by atoms with van der Waals surface area (Å²) in [5.41, 5.74) is 2.78. The number of ketones is 1. The van der Waals surface area contributed by atoms with Crippen molar-refractivity contribution in [3.8, 4) is 0 Å². The molecule has 1 aliphatic carbocycles. The van der Waals surface area contributed by atoms with Crippen molar-refractivity contribution >= 4 is 28.8 Å². The molecule has 0 bridgehead atoms. The van der Waals surface area contributed by atoms with Gasteiger partial charge in [0.15, 0.2) is 0 Å². The van der Waals surface area contributed by atoms with E-state index in [1.807, 2.05) is 4.90 Å². The molecule has 4 nitrogen and oxygen atoms in total. The zero-order chi connectivity index (χ0) is 18.1. The molecule has 0 spiro atoms. The van der Waals surface area contributed by atoms with Crippen molar-refractivity contribution in [2.45, 2.75) is 44.6 Å². The van der Waals surface area contributed by atoms with Crippen molar-refractivity contribution < 1.29 is 9.59 Å². The Kier molecular flexibility index (Phi) is 5.18. The fourth-order valence-corrected chi connectivity index (χ4v) is 5.06. The van der Waals surface area contributed by atoms with Crippen LogP contribution in [0.4, 0.5) is 0 Å². The number of nitrogens with one attached hydrogen (secondary N) is 1. The lowest BCUT2D eigenvalue weighted by Gasteiger charge is -2.27. The maximum atomic E-state index is 13.1. The highest BCUT2D eigenvalue weighted by molar-refractivity contribution is 7.80. The van der Waals surface area contributed by atoms with E-state index < -0.39 is 12.0 Å². The largest absolute Gasteiger partial charge is 0.341 e. The summed E-state index contributed by atoms with van der Waals surface area (Å²) >= 11 is 5.46. The maximum absolute atomic E-state index is 13.1. The second-order valence-corrected chi connectivity index (χ2v) is 8.41. The first-order valence-electron chi connectivity index (χ1n) is 9.78. The van der Waals surface area contributed by atoms with E-state index in [1.165, 1.54) is 11.1 Å². The Bertz CT molecular complexity index is 726. The molecular weight excluding hydrogens is 344 g/mol. The summed E-state index contributed by atoms with van der Waals surface area (Å²) in [7, 11) is 0. The molecule has 2 unspecified atom stereocenters. The second-order valence-electron chi connectivity index (χ2n) is 7.88. The number of thiocarbonyl (C=S) groups is 1. The van der Waals surface area contributed by atoms with E-state index in [2.05, 4.69) is 29.6 Å². The first-order chi connectivity index (χ1) is 12.6. The SMILES string of the molecule is O=C(CC1CCc2ccccc2C1)C1C(=S)CN[C@@H]1C(=O)N1CCCC1. The smallest absolute Gasteiger partial charge is 0.240 e. The molecule has 0 radical (unpaired) electrons. The number of aryl methyl sites for hydroxylation is 1. The van der Waals surface area contributed by atoms with Crippen LogP contribution in [0.25, 0.3) is 0 Å². The molecule has 1 amide bonds. The molecule has 26 heavy (non-hydrogen) atoms. The van der Waals surface area contributed by atoms with Gasteiger partial charge in [0, 0.05) is 30.9 Å². The predicted octanol–water partition coefficient (Wildman–Crippen LogP) is 2.33. The Labute approximate surface area is 160 Å². The highest BCUT2D eigenvalue weighted by Crippen LogP contribution is 2.30. The van der Waals surface area contributed by atoms with Gasteiger partial charge in [0.25, 0.3) is 0 Å². The Balaban J connectivity index is 1.43. The molecule has 2 saturated heterocycles. The zero-order valence-corrected chi connectivity index (χ0v) is 15.9. The lowest BCUT2D eigenvalue weighted by molar-refractivity contribution is -0.135. The number of carbonyl (C=O) groups excluding carboxylic acids is 2. The van der Waals surface area contributed by atoms with Gasteiger partial charge in [-0.2, -0.15) is 0 Å². The predicted molar refractivity (Wildman–Crippen MR) is 105 cm³/mol. The third-order valence-corrected chi connectivity index (χ3v) is 6.54. The molecule has 1 aromatic rings. The first kappa shape index (κ1) is 17.8. The number of carbonyl (C=O) groups is 2. The average Bonchev–Trinajstić information content (AvgIpc) is 3.31. The number of hydrogen-bond acceptors (Lipinski definition) is 4. The molecule has 4 rings (SSSR count). The highest BCUT2D eigenvalue weighted by atomic mass is 32.1. The third kappa shape index (κ3) is 3.47. The van der Waals surface area contributed by atoms with Crippen LogP contribution in [0, 0.1) is 11.8 Å². The number of rotatable bonds is 4. The van der Waals surface area contributed by atoms with Crippen molar-refractivity contribution in [3.05, 3.63) is 35.4 Å². The van der Waals surface area contributed by atoms with Gasteiger partial charge in [-0.1, -0.05) is 36.5 Å². The van der Waals surface area contributed by atoms with E-state index in [4.69, 9.17) is 12.2 Å². The van der Waals surface area contributed by atoms with Crippen molar-refractivity contribution in [2.24, 2.45) is 11.8 Å². The molecule has 2 heterocycles. The number of likely N-dealkylation sites (tertiary alicyclic amines) is 1. The van der Waals surface area contributed by atoms with Crippen LogP contribution in [0.1, 0.15) is 36.8 Å². The van der Waals surface area contributed by atoms with Crippen LogP contribution in [0.2, 0.25) is 0 Å². The lowest BCUT2D eigenvalue weighted by atomic mass is 9.79. The van der Waals surface area contributed by atoms with Crippen LogP contribution in [0.15, 0.2) is 24.3 Å². The molecule has 0 aromatic heterocycles. The van der Waals surface area contributed by atoms with Crippen molar-refractivity contribution in [2.75, 3.05) is 19.6 Å². The lowest BCUT2D eigenvalue weighted by Crippen LogP contribution is -2.47. The minimum absolute atomic E-state index is 0.0645. The number of fused-ring (bicyclic) bond motifs is 1. The molecule has 138 valence electrons. The number of nitrogens with zero attached hydrogens (tertiary/aromatic N) is 1. The van der Waals surface area contributed by atoms with Gasteiger partial charge in [-0.15, -0.1) is 0 Å². The van der Waals surface area contributed by atoms with Crippen LogP contribution in [-0.4, -0.2) is 47.1 Å². The highest BCUT2D eigenvalue weighted by Gasteiger charge is 2.43. The van der Waals surface area contributed by atoms with E-state index in [-0.39, 0.29) is 11.7 Å². The third-order valence-electron chi connectivity index (χ3n) is 6.15. The molecule has 1 aromatic carbocycles. The van der Waals surface area contributed by atoms with Crippen molar-refractivity contribution in [1.29, 1.82) is 0 Å². The second kappa shape index (κ2) is 7.57. The normalized spacial score (nSPS) is 28.2. The monoisotopic (exact) mass is 370 g/mol. The molecular formula is C21H26N2O2S. The summed E-state index contributed by atoms with van der Waals surface area (Å²) in [6, 6.07) is 8.08. The summed E-state index contributed by atoms with van der Waals surface area (Å²) in [6.45, 7) is 2.12. The van der Waals surface area contributed by atoms with Crippen LogP contribution >= 0.6 is 12.2 Å². The Morgan fingerprint density at radius 3 is 2.65 bits per heavy atom. The first-order valence-corrected chi connectivity index (χ1v) is 10.2. The standard InChI is InChI=1S/C21H26N2O2S/c24-17(12-14-7-8-15-5-1-2-6-16(15)11-14)19-18(26)13-22-20(19)21(25)23-9-3-4-10-23/h1-2,5-6,14,19-20,22H,3-4,7-13H2/t14?,19?,20-/m0/s1. The van der Waals surface area contributed by atoms with E-state index in [9.17, 15) is 9.59 Å². The fourth-order valence-electron chi connectivity index (χ4n) is 4.71. The Hall–Kier alpha value is -1.59. The average molecular weight is 371 g/mol. The van der Waals surface area contributed by atoms with E-state index in [0.29, 0.717) is 23.7 Å². The van der Waals surface area contributed by atoms with Gasteiger partial charge in [-0.3, -0.25) is 9.59 Å². The van der Waals surface area contributed by atoms with E-state index >= 15 is 0 Å². The van der Waals surface area contributed by atoms with Crippen molar-refractivity contribution in [3.63, 3.8) is 0 Å². The topological polar surface area (TPSA) is 49.4 Å². The van der Waals surface area contributed by atoms with Crippen molar-refractivity contribution in [1.82, 2.24) is 10.2 Å². The summed E-state index contributed by atoms with van der Waals surface area (Å²) in [4.78, 5) is 28.5. The molecule has 1 N–H and O–H groups in total. The van der Waals surface area contributed by atoms with Gasteiger partial charge in [0.1, 0.15) is 11.8 Å². The van der Waals surface area contributed by atoms with Crippen LogP contribution in [0.5, 0.6) is 0 Å². The summed E-state index contributed by atoms with van der Waals surface area (Å²) in [6.07, 6.45) is 5.69. The molecule has 2 aliphatic heterocycles. The van der Waals surface area contributed by atoms with Gasteiger partial charge in [-0.05, 0) is 49.1 Å². The van der Waals surface area contributed by atoms with Crippen LogP contribution in [-0.2, 0) is 22.4 Å². The fraction of sp³-hybridized carbons (Fsp3) is 0.571. The van der Waals surface area contributed by atoms with Gasteiger partial charge in [-0.25, -0.2) is 0 Å². The van der Waals surface area contributed by atoms with E-state index in [1.54, 1.807) is 0 Å². The van der Waals surface area contributed by atoms with Gasteiger partial charge < -0.3 is 10.2 Å². The van der Waals surface area contributed by atoms with Gasteiger partial charge in [0.2, 0.25) is 5.91 Å². The van der Waals surface area contributed by atoms with Crippen LogP contribution < -0.4 is 5.32 Å². The number of amides is 1. The summed E-state index contributed by atoms with van der Waals surface area (Å²) < 4.78 is 0. The number of hydrogen-bond donors (Lipinski definition) is 1. The van der Waals surface area contributed by atoms with Crippen LogP contribution in [0.3, 0.4) is 0 Å². The summed E-state index contributed by atoms with van der Waals surface area (Å²) in [5.74, 6) is 0.162. The Morgan fingerprint density at radius 1 is 1.15 bits per heavy atom. The maximum Gasteiger partial charge on any atom is 0.240 e. The molecule has 3 atom stereocenters. The minimum atomic E-state index is -0.441. The number of Topliss-reactive ketones (excluding diaryl/α,β-unsaturated/α-hetero) is 1.